The number of nitrogens with one attached hydrogen (secondary N) is 1. The van der Waals surface area contributed by atoms with Crippen LogP contribution in [0.3, 0.4) is 0 Å². The zero-order valence-electron chi connectivity index (χ0n) is 15.1. The maximum Gasteiger partial charge on any atom is 0.236 e. The third-order valence-electron chi connectivity index (χ3n) is 4.50. The number of nitrogens with zero attached hydrogens (tertiary/aromatic N) is 3. The number of halogens is 1. The molecule has 1 saturated heterocycles. The first kappa shape index (κ1) is 19.8. The Kier molecular flexibility index (Phi) is 5.85. The molecule has 0 bridgehead atoms. The molecule has 2 aromatic rings. The molecule has 1 aromatic heterocycles. The number of hydrogen-bond acceptors (Lipinski definition) is 6. The van der Waals surface area contributed by atoms with E-state index in [1.54, 1.807) is 30.0 Å². The summed E-state index contributed by atoms with van der Waals surface area (Å²) in [6, 6.07) is 5.95. The van der Waals surface area contributed by atoms with Crippen molar-refractivity contribution in [3.63, 3.8) is 0 Å². The molecule has 0 unspecified atom stereocenters. The molecule has 0 spiro atoms. The molecule has 0 saturated carbocycles. The molecular weight excluding hydrogens is 391 g/mol. The Bertz CT molecular complexity index is 932. The van der Waals surface area contributed by atoms with E-state index < -0.39 is 20.9 Å². The van der Waals surface area contributed by atoms with Gasteiger partial charge in [-0.25, -0.2) is 17.8 Å². The lowest BCUT2D eigenvalue weighted by molar-refractivity contribution is -0.131. The van der Waals surface area contributed by atoms with E-state index in [1.807, 2.05) is 6.92 Å². The molecule has 0 radical (unpaired) electrons. The van der Waals surface area contributed by atoms with Gasteiger partial charge in [-0.2, -0.15) is 0 Å². The molecule has 0 aliphatic carbocycles. The summed E-state index contributed by atoms with van der Waals surface area (Å²) >= 11 is 1.16. The van der Waals surface area contributed by atoms with Gasteiger partial charge < -0.3 is 4.90 Å². The topological polar surface area (TPSA) is 96.0 Å². The van der Waals surface area contributed by atoms with Crippen LogP contribution in [0.25, 0.3) is 11.4 Å². The fourth-order valence-electron chi connectivity index (χ4n) is 3.13. The van der Waals surface area contributed by atoms with Crippen molar-refractivity contribution in [3.8, 4) is 11.4 Å². The standard InChI is InChI=1S/C17H21FN4O3S2/c1-3-22(12-8-9-27(24,25)10-12)16(23)11(2)26-17-19-15(20-21-17)13-6-4-5-7-14(13)18/h4-7,11-12H,3,8-10H2,1-2H3,(H,19,20,21)/t11-,12-/m0/s1. The molecule has 3 rings (SSSR count). The number of benzene rings is 1. The Labute approximate surface area is 161 Å². The fraction of sp³-hybridized carbons (Fsp3) is 0.471. The largest absolute Gasteiger partial charge is 0.338 e. The lowest BCUT2D eigenvalue weighted by atomic mass is 10.2. The highest BCUT2D eigenvalue weighted by Gasteiger charge is 2.35. The Morgan fingerprint density at radius 3 is 2.81 bits per heavy atom. The van der Waals surface area contributed by atoms with Gasteiger partial charge >= 0.3 is 0 Å². The van der Waals surface area contributed by atoms with Crippen molar-refractivity contribution in [2.75, 3.05) is 18.1 Å². The predicted octanol–water partition coefficient (Wildman–Crippen LogP) is 2.13. The maximum atomic E-state index is 13.9. The highest BCUT2D eigenvalue weighted by molar-refractivity contribution is 8.00. The minimum atomic E-state index is -3.07. The molecule has 1 fully saturated rings. The number of H-pyrrole nitrogens is 1. The van der Waals surface area contributed by atoms with Crippen molar-refractivity contribution in [1.82, 2.24) is 20.1 Å². The van der Waals surface area contributed by atoms with Gasteiger partial charge in [-0.3, -0.25) is 9.89 Å². The molecule has 2 atom stereocenters. The Balaban J connectivity index is 1.69. The van der Waals surface area contributed by atoms with Gasteiger partial charge in [-0.05, 0) is 32.4 Å². The monoisotopic (exact) mass is 412 g/mol. The summed E-state index contributed by atoms with van der Waals surface area (Å²) in [7, 11) is -3.07. The van der Waals surface area contributed by atoms with Gasteiger partial charge in [-0.1, -0.05) is 23.9 Å². The molecular formula is C17H21FN4O3S2. The Hall–Kier alpha value is -1.94. The first-order chi connectivity index (χ1) is 12.8. The first-order valence-electron chi connectivity index (χ1n) is 8.65. The van der Waals surface area contributed by atoms with Crippen LogP contribution in [0.15, 0.2) is 29.4 Å². The minimum absolute atomic E-state index is 0.0159. The second kappa shape index (κ2) is 7.97. The minimum Gasteiger partial charge on any atom is -0.338 e. The van der Waals surface area contributed by atoms with Gasteiger partial charge in [0.05, 0.1) is 22.3 Å². The van der Waals surface area contributed by atoms with Crippen LogP contribution < -0.4 is 0 Å². The van der Waals surface area contributed by atoms with Crippen molar-refractivity contribution < 1.29 is 17.6 Å². The van der Waals surface area contributed by atoms with Crippen LogP contribution in [-0.4, -0.2) is 63.7 Å². The highest BCUT2D eigenvalue weighted by Crippen LogP contribution is 2.27. The van der Waals surface area contributed by atoms with Crippen molar-refractivity contribution in [1.29, 1.82) is 0 Å². The normalized spacial score (nSPS) is 19.7. The number of sulfone groups is 1. The van der Waals surface area contributed by atoms with Crippen LogP contribution in [0.1, 0.15) is 20.3 Å². The molecule has 27 heavy (non-hydrogen) atoms. The molecule has 1 amide bonds. The summed E-state index contributed by atoms with van der Waals surface area (Å²) < 4.78 is 37.3. The van der Waals surface area contributed by atoms with Crippen molar-refractivity contribution in [3.05, 3.63) is 30.1 Å². The fourth-order valence-corrected chi connectivity index (χ4v) is 5.66. The van der Waals surface area contributed by atoms with Crippen LogP contribution >= 0.6 is 11.8 Å². The molecule has 10 heteroatoms. The van der Waals surface area contributed by atoms with Gasteiger partial charge in [0.25, 0.3) is 0 Å². The van der Waals surface area contributed by atoms with E-state index in [2.05, 4.69) is 15.2 Å². The number of amides is 1. The summed E-state index contributed by atoms with van der Waals surface area (Å²) in [6.45, 7) is 4.01. The van der Waals surface area contributed by atoms with Crippen LogP contribution in [0.5, 0.6) is 0 Å². The Morgan fingerprint density at radius 1 is 1.44 bits per heavy atom. The molecule has 2 heterocycles. The van der Waals surface area contributed by atoms with E-state index >= 15 is 0 Å². The van der Waals surface area contributed by atoms with E-state index in [1.165, 1.54) is 6.07 Å². The molecule has 146 valence electrons. The highest BCUT2D eigenvalue weighted by atomic mass is 32.2. The summed E-state index contributed by atoms with van der Waals surface area (Å²) in [5, 5.41) is 6.59. The van der Waals surface area contributed by atoms with Crippen molar-refractivity contribution in [2.24, 2.45) is 0 Å². The average Bonchev–Trinajstić information content (AvgIpc) is 3.22. The first-order valence-corrected chi connectivity index (χ1v) is 11.4. The molecule has 1 aromatic carbocycles. The zero-order chi connectivity index (χ0) is 19.6. The number of carbonyl (C=O) groups is 1. The van der Waals surface area contributed by atoms with E-state index in [4.69, 9.17) is 0 Å². The van der Waals surface area contributed by atoms with Crippen LogP contribution in [0, 0.1) is 5.82 Å². The molecule has 7 nitrogen and oxygen atoms in total. The molecule has 1 aliphatic heterocycles. The van der Waals surface area contributed by atoms with Gasteiger partial charge in [-0.15, -0.1) is 5.10 Å². The quantitative estimate of drug-likeness (QED) is 0.730. The maximum absolute atomic E-state index is 13.9. The van der Waals surface area contributed by atoms with E-state index in [-0.39, 0.29) is 23.5 Å². The summed E-state index contributed by atoms with van der Waals surface area (Å²) in [5.41, 5.74) is 0.308. The number of carbonyl (C=O) groups excluding carboxylic acids is 1. The van der Waals surface area contributed by atoms with Gasteiger partial charge in [0, 0.05) is 12.6 Å². The second-order valence-corrected chi connectivity index (χ2v) is 9.92. The smallest absolute Gasteiger partial charge is 0.236 e. The van der Waals surface area contributed by atoms with E-state index in [0.29, 0.717) is 29.5 Å². The van der Waals surface area contributed by atoms with Crippen molar-refractivity contribution >= 4 is 27.5 Å². The number of thioether (sulfide) groups is 1. The third-order valence-corrected chi connectivity index (χ3v) is 7.20. The predicted molar refractivity (Wildman–Crippen MR) is 102 cm³/mol. The van der Waals surface area contributed by atoms with Crippen LogP contribution in [0.2, 0.25) is 0 Å². The lowest BCUT2D eigenvalue weighted by Gasteiger charge is -2.29. The third kappa shape index (κ3) is 4.49. The summed E-state index contributed by atoms with van der Waals surface area (Å²) in [6.07, 6.45) is 0.470. The lowest BCUT2D eigenvalue weighted by Crippen LogP contribution is -2.44. The zero-order valence-corrected chi connectivity index (χ0v) is 16.7. The van der Waals surface area contributed by atoms with Gasteiger partial charge in [0.15, 0.2) is 15.7 Å². The molecule has 1 N–H and O–H groups in total. The van der Waals surface area contributed by atoms with Gasteiger partial charge in [0.1, 0.15) is 5.82 Å². The van der Waals surface area contributed by atoms with Crippen LogP contribution in [-0.2, 0) is 14.6 Å². The van der Waals surface area contributed by atoms with E-state index in [0.717, 1.165) is 11.8 Å². The Morgan fingerprint density at radius 2 is 2.19 bits per heavy atom. The number of aromatic nitrogens is 3. The molecule has 1 aliphatic rings. The van der Waals surface area contributed by atoms with Crippen molar-refractivity contribution in [2.45, 2.75) is 36.7 Å². The number of aromatic amines is 1. The second-order valence-electron chi connectivity index (χ2n) is 6.39. The SMILES string of the molecule is CCN(C(=O)[C@H](C)Sc1n[nH]c(-c2ccccc2F)n1)[C@H]1CCS(=O)(=O)C1. The average molecular weight is 413 g/mol. The summed E-state index contributed by atoms with van der Waals surface area (Å²) in [5.74, 6) is -0.127. The van der Waals surface area contributed by atoms with Gasteiger partial charge in [0.2, 0.25) is 11.1 Å². The van der Waals surface area contributed by atoms with Crippen LogP contribution in [0.4, 0.5) is 4.39 Å². The number of rotatable bonds is 6. The number of hydrogen-bond donors (Lipinski definition) is 1. The van der Waals surface area contributed by atoms with E-state index in [9.17, 15) is 17.6 Å². The summed E-state index contributed by atoms with van der Waals surface area (Å²) in [4.78, 5) is 18.7.